The zero-order valence-corrected chi connectivity index (χ0v) is 20.0. The molecule has 6 nitrogen and oxygen atoms in total. The number of hydrogen-bond acceptors (Lipinski definition) is 5. The van der Waals surface area contributed by atoms with Gasteiger partial charge >= 0.3 is 0 Å². The van der Waals surface area contributed by atoms with Crippen LogP contribution in [0.15, 0.2) is 71.6 Å². The molecule has 172 valence electrons. The fourth-order valence-corrected chi connectivity index (χ4v) is 3.85. The number of rotatable bonds is 10. The van der Waals surface area contributed by atoms with Crippen molar-refractivity contribution in [2.24, 2.45) is 5.14 Å². The molecule has 3 aromatic carbocycles. The summed E-state index contributed by atoms with van der Waals surface area (Å²) in [4.78, 5) is 0.107. The van der Waals surface area contributed by atoms with Crippen molar-refractivity contribution in [3.05, 3.63) is 88.4 Å². The van der Waals surface area contributed by atoms with Gasteiger partial charge in [-0.05, 0) is 42.3 Å². The minimum atomic E-state index is -3.68. The Kier molecular flexibility index (Phi) is 9.81. The summed E-state index contributed by atoms with van der Waals surface area (Å²) in [5, 5.41) is 9.08. The predicted octanol–water partition coefficient (Wildman–Crippen LogP) is 4.33. The summed E-state index contributed by atoms with van der Waals surface area (Å²) in [7, 11) is -2.09. The van der Waals surface area contributed by atoms with E-state index in [4.69, 9.17) is 26.2 Å². The lowest BCUT2D eigenvalue weighted by molar-refractivity contribution is 0.280. The zero-order chi connectivity index (χ0) is 22.3. The number of halogens is 2. The van der Waals surface area contributed by atoms with Gasteiger partial charge in [-0.2, -0.15) is 0 Å². The summed E-state index contributed by atoms with van der Waals surface area (Å²) >= 11 is 6.26. The molecule has 0 radical (unpaired) electrons. The fraction of sp³-hybridized carbons (Fsp3) is 0.217. The minimum absolute atomic E-state index is 0. The third kappa shape index (κ3) is 7.39. The molecule has 0 aliphatic carbocycles. The maximum absolute atomic E-state index is 11.3. The van der Waals surface area contributed by atoms with Crippen molar-refractivity contribution in [2.45, 2.75) is 24.5 Å². The lowest BCUT2D eigenvalue weighted by Gasteiger charge is -2.16. The predicted molar refractivity (Wildman–Crippen MR) is 129 cm³/mol. The summed E-state index contributed by atoms with van der Waals surface area (Å²) in [5.74, 6) is 1.24. The molecule has 3 rings (SSSR count). The molecule has 0 amide bonds. The smallest absolute Gasteiger partial charge is 0.238 e. The fourth-order valence-electron chi connectivity index (χ4n) is 3.10. The van der Waals surface area contributed by atoms with Crippen molar-refractivity contribution in [1.82, 2.24) is 5.32 Å². The van der Waals surface area contributed by atoms with Crippen LogP contribution < -0.4 is 19.9 Å². The van der Waals surface area contributed by atoms with E-state index in [2.05, 4.69) is 5.32 Å². The molecule has 0 fully saturated rings. The quantitative estimate of drug-likeness (QED) is 0.407. The molecule has 0 spiro atoms. The van der Waals surface area contributed by atoms with Crippen molar-refractivity contribution >= 4 is 34.0 Å². The van der Waals surface area contributed by atoms with Crippen LogP contribution in [0, 0.1) is 0 Å². The molecule has 0 unspecified atom stereocenters. The highest BCUT2D eigenvalue weighted by Gasteiger charge is 2.13. The van der Waals surface area contributed by atoms with Crippen LogP contribution in [0.2, 0.25) is 5.02 Å². The van der Waals surface area contributed by atoms with Crippen molar-refractivity contribution < 1.29 is 17.9 Å². The molecule has 3 aromatic rings. The topological polar surface area (TPSA) is 90.6 Å². The van der Waals surface area contributed by atoms with E-state index in [0.717, 1.165) is 23.1 Å². The Bertz CT molecular complexity index is 1110. The third-order valence-corrected chi connectivity index (χ3v) is 5.85. The first kappa shape index (κ1) is 26.0. The van der Waals surface area contributed by atoms with Gasteiger partial charge in [-0.15, -0.1) is 12.4 Å². The number of nitrogens with one attached hydrogen (secondary N) is 1. The highest BCUT2D eigenvalue weighted by atomic mass is 35.5. The molecule has 0 aliphatic heterocycles. The number of primary sulfonamides is 1. The summed E-state index contributed by atoms with van der Waals surface area (Å²) < 4.78 is 34.2. The van der Waals surface area contributed by atoms with Gasteiger partial charge in [0.15, 0.2) is 11.5 Å². The van der Waals surface area contributed by atoms with E-state index in [0.29, 0.717) is 36.2 Å². The minimum Gasteiger partial charge on any atom is -0.493 e. The van der Waals surface area contributed by atoms with Gasteiger partial charge in [0.25, 0.3) is 0 Å². The first-order valence-corrected chi connectivity index (χ1v) is 11.6. The Morgan fingerprint density at radius 1 is 1.00 bits per heavy atom. The summed E-state index contributed by atoms with van der Waals surface area (Å²) in [6, 6.07) is 20.1. The van der Waals surface area contributed by atoms with Gasteiger partial charge < -0.3 is 14.8 Å². The summed E-state index contributed by atoms with van der Waals surface area (Å²) in [5.41, 5.74) is 2.95. The van der Waals surface area contributed by atoms with Crippen molar-refractivity contribution in [3.63, 3.8) is 0 Å². The molecule has 3 N–H and O–H groups in total. The largest absolute Gasteiger partial charge is 0.493 e. The Hall–Kier alpha value is -2.29. The Morgan fingerprint density at radius 3 is 2.31 bits per heavy atom. The molecule has 0 saturated carbocycles. The Labute approximate surface area is 200 Å². The number of ether oxygens (including phenoxy) is 2. The van der Waals surface area contributed by atoms with E-state index in [1.54, 1.807) is 25.3 Å². The van der Waals surface area contributed by atoms with Crippen molar-refractivity contribution in [1.29, 1.82) is 0 Å². The number of benzene rings is 3. The van der Waals surface area contributed by atoms with E-state index < -0.39 is 10.0 Å². The van der Waals surface area contributed by atoms with Crippen LogP contribution in [-0.2, 0) is 29.6 Å². The number of nitrogens with two attached hydrogens (primary N) is 1. The lowest BCUT2D eigenvalue weighted by Crippen LogP contribution is -2.18. The molecular formula is C23H26Cl2N2O4S. The van der Waals surface area contributed by atoms with Gasteiger partial charge in [0.2, 0.25) is 10.0 Å². The SMILES string of the molecule is COc1cc(Cl)cc(CNCCc2ccc(S(N)(=O)=O)cc2)c1OCc1ccccc1.Cl. The average Bonchev–Trinajstić information content (AvgIpc) is 2.76. The van der Waals surface area contributed by atoms with E-state index in [-0.39, 0.29) is 17.3 Å². The van der Waals surface area contributed by atoms with Gasteiger partial charge in [-0.3, -0.25) is 0 Å². The van der Waals surface area contributed by atoms with Crippen LogP contribution >= 0.6 is 24.0 Å². The van der Waals surface area contributed by atoms with Crippen LogP contribution in [0.5, 0.6) is 11.5 Å². The molecule has 0 aliphatic rings. The zero-order valence-electron chi connectivity index (χ0n) is 17.6. The second-order valence-corrected chi connectivity index (χ2v) is 8.98. The van der Waals surface area contributed by atoms with Crippen LogP contribution in [0.25, 0.3) is 0 Å². The first-order chi connectivity index (χ1) is 14.9. The highest BCUT2D eigenvalue weighted by molar-refractivity contribution is 7.89. The van der Waals surface area contributed by atoms with E-state index in [1.807, 2.05) is 36.4 Å². The maximum Gasteiger partial charge on any atom is 0.238 e. The van der Waals surface area contributed by atoms with Gasteiger partial charge in [-0.25, -0.2) is 13.6 Å². The second kappa shape index (κ2) is 12.1. The van der Waals surface area contributed by atoms with Crippen LogP contribution in [0.1, 0.15) is 16.7 Å². The van der Waals surface area contributed by atoms with Crippen molar-refractivity contribution in [2.75, 3.05) is 13.7 Å². The average molecular weight is 497 g/mol. The van der Waals surface area contributed by atoms with Crippen molar-refractivity contribution in [3.8, 4) is 11.5 Å². The lowest BCUT2D eigenvalue weighted by atomic mass is 10.1. The molecular weight excluding hydrogens is 471 g/mol. The number of hydrogen-bond donors (Lipinski definition) is 2. The number of methoxy groups -OCH3 is 1. The third-order valence-electron chi connectivity index (χ3n) is 4.70. The molecule has 9 heteroatoms. The molecule has 0 atom stereocenters. The Morgan fingerprint density at radius 2 is 1.69 bits per heavy atom. The van der Waals surface area contributed by atoms with Gasteiger partial charge in [0.05, 0.1) is 12.0 Å². The molecule has 0 saturated heterocycles. The number of sulfonamides is 1. The van der Waals surface area contributed by atoms with Gasteiger partial charge in [0.1, 0.15) is 6.61 Å². The molecule has 0 bridgehead atoms. The van der Waals surface area contributed by atoms with Crippen LogP contribution in [0.4, 0.5) is 0 Å². The monoisotopic (exact) mass is 496 g/mol. The van der Waals surface area contributed by atoms with Gasteiger partial charge in [0, 0.05) is 23.2 Å². The van der Waals surface area contributed by atoms with E-state index >= 15 is 0 Å². The standard InChI is InChI=1S/C23H25ClN2O4S.ClH/c1-29-22-14-20(24)13-19(23(22)30-16-18-5-3-2-4-6-18)15-26-12-11-17-7-9-21(10-8-17)31(25,27)28;/h2-10,13-14,26H,11-12,15-16H2,1H3,(H2,25,27,28);1H. The summed E-state index contributed by atoms with van der Waals surface area (Å²) in [6.45, 7) is 1.64. The normalized spacial score (nSPS) is 11.0. The molecule has 0 aromatic heterocycles. The van der Waals surface area contributed by atoms with Crippen LogP contribution in [0.3, 0.4) is 0 Å². The first-order valence-electron chi connectivity index (χ1n) is 9.72. The van der Waals surface area contributed by atoms with Crippen LogP contribution in [-0.4, -0.2) is 22.1 Å². The summed E-state index contributed by atoms with van der Waals surface area (Å²) in [6.07, 6.45) is 0.725. The second-order valence-electron chi connectivity index (χ2n) is 6.99. The molecule has 32 heavy (non-hydrogen) atoms. The Balaban J connectivity index is 0.00000363. The maximum atomic E-state index is 11.3. The van der Waals surface area contributed by atoms with E-state index in [1.165, 1.54) is 12.1 Å². The van der Waals surface area contributed by atoms with Gasteiger partial charge in [-0.1, -0.05) is 54.1 Å². The van der Waals surface area contributed by atoms with E-state index in [9.17, 15) is 8.42 Å². The molecule has 0 heterocycles. The highest BCUT2D eigenvalue weighted by Crippen LogP contribution is 2.35.